The van der Waals surface area contributed by atoms with Crippen LogP contribution in [0.4, 0.5) is 0 Å². The molecule has 0 radical (unpaired) electrons. The van der Waals surface area contributed by atoms with Gasteiger partial charge in [-0.1, -0.05) is 40.5 Å². The summed E-state index contributed by atoms with van der Waals surface area (Å²) < 4.78 is 5.18. The van der Waals surface area contributed by atoms with Crippen molar-refractivity contribution in [3.8, 4) is 0 Å². The van der Waals surface area contributed by atoms with Crippen molar-refractivity contribution < 1.29 is 9.53 Å². The minimum absolute atomic E-state index is 0.194. The Labute approximate surface area is 93.4 Å². The molecule has 0 amide bonds. The highest BCUT2D eigenvalue weighted by Crippen LogP contribution is 2.09. The second-order valence-electron chi connectivity index (χ2n) is 4.44. The van der Waals surface area contributed by atoms with Gasteiger partial charge in [0.2, 0.25) is 0 Å². The molecule has 0 aliphatic heterocycles. The van der Waals surface area contributed by atoms with E-state index in [1.54, 1.807) is 0 Å². The van der Waals surface area contributed by atoms with Gasteiger partial charge in [-0.25, -0.2) is 0 Å². The summed E-state index contributed by atoms with van der Waals surface area (Å²) in [7, 11) is 0. The van der Waals surface area contributed by atoms with Crippen LogP contribution in [0.3, 0.4) is 0 Å². The molecule has 0 rings (SSSR count). The standard InChI is InChI=1S/C12H25NO2/c1-5-7-9(3)8-15-12(14)11(13)10(4)6-2/h9-11H,5-8,13H2,1-4H3. The average Bonchev–Trinajstić information content (AvgIpc) is 2.24. The molecule has 0 aliphatic carbocycles. The Bertz CT molecular complexity index is 182. The Hall–Kier alpha value is -0.570. The van der Waals surface area contributed by atoms with Gasteiger partial charge in [-0.15, -0.1) is 0 Å². The van der Waals surface area contributed by atoms with Crippen molar-refractivity contribution in [1.82, 2.24) is 0 Å². The normalized spacial score (nSPS) is 16.9. The second kappa shape index (κ2) is 7.69. The minimum atomic E-state index is -0.469. The lowest BCUT2D eigenvalue weighted by molar-refractivity contribution is -0.147. The molecule has 0 aromatic carbocycles. The molecule has 0 aromatic heterocycles. The van der Waals surface area contributed by atoms with Crippen LogP contribution in [-0.4, -0.2) is 18.6 Å². The van der Waals surface area contributed by atoms with Crippen LogP contribution in [0.5, 0.6) is 0 Å². The molecule has 0 aromatic rings. The first-order valence-electron chi connectivity index (χ1n) is 5.95. The van der Waals surface area contributed by atoms with E-state index in [-0.39, 0.29) is 11.9 Å². The highest BCUT2D eigenvalue weighted by atomic mass is 16.5. The number of nitrogens with two attached hydrogens (primary N) is 1. The van der Waals surface area contributed by atoms with Crippen LogP contribution in [0.25, 0.3) is 0 Å². The van der Waals surface area contributed by atoms with Crippen LogP contribution in [0.2, 0.25) is 0 Å². The number of rotatable bonds is 7. The molecular formula is C12H25NO2. The van der Waals surface area contributed by atoms with Gasteiger partial charge in [0.25, 0.3) is 0 Å². The summed E-state index contributed by atoms with van der Waals surface area (Å²) in [6.07, 6.45) is 3.11. The van der Waals surface area contributed by atoms with Gasteiger partial charge in [0.15, 0.2) is 0 Å². The first-order chi connectivity index (χ1) is 7.02. The highest BCUT2D eigenvalue weighted by Gasteiger charge is 2.21. The molecule has 0 fully saturated rings. The van der Waals surface area contributed by atoms with Crippen LogP contribution in [0.15, 0.2) is 0 Å². The third-order valence-corrected chi connectivity index (χ3v) is 2.82. The quantitative estimate of drug-likeness (QED) is 0.663. The van der Waals surface area contributed by atoms with E-state index in [1.165, 1.54) is 0 Å². The smallest absolute Gasteiger partial charge is 0.323 e. The predicted octanol–water partition coefficient (Wildman–Crippen LogP) is 2.34. The molecule has 15 heavy (non-hydrogen) atoms. The Balaban J connectivity index is 3.82. The van der Waals surface area contributed by atoms with Gasteiger partial charge in [0.05, 0.1) is 6.61 Å². The number of carbonyl (C=O) groups is 1. The Morgan fingerprint density at radius 1 is 1.33 bits per heavy atom. The molecule has 0 saturated heterocycles. The van der Waals surface area contributed by atoms with Crippen molar-refractivity contribution in [3.05, 3.63) is 0 Å². The molecule has 2 N–H and O–H groups in total. The van der Waals surface area contributed by atoms with E-state index in [1.807, 2.05) is 13.8 Å². The molecule has 0 heterocycles. The molecule has 0 spiro atoms. The summed E-state index contributed by atoms with van der Waals surface area (Å²) in [4.78, 5) is 11.5. The number of carbonyl (C=O) groups excluding carboxylic acids is 1. The van der Waals surface area contributed by atoms with E-state index in [0.717, 1.165) is 19.3 Å². The Morgan fingerprint density at radius 2 is 1.93 bits per heavy atom. The van der Waals surface area contributed by atoms with Gasteiger partial charge in [-0.3, -0.25) is 4.79 Å². The lowest BCUT2D eigenvalue weighted by Gasteiger charge is -2.18. The average molecular weight is 215 g/mol. The summed E-state index contributed by atoms with van der Waals surface area (Å²) in [5.74, 6) is 0.370. The van der Waals surface area contributed by atoms with E-state index in [9.17, 15) is 4.79 Å². The lowest BCUT2D eigenvalue weighted by atomic mass is 10.0. The maximum atomic E-state index is 11.5. The monoisotopic (exact) mass is 215 g/mol. The largest absolute Gasteiger partial charge is 0.464 e. The Kier molecular flexibility index (Phi) is 7.39. The summed E-state index contributed by atoms with van der Waals surface area (Å²) in [6, 6.07) is -0.469. The van der Waals surface area contributed by atoms with Crippen molar-refractivity contribution in [1.29, 1.82) is 0 Å². The van der Waals surface area contributed by atoms with E-state index in [2.05, 4.69) is 13.8 Å². The molecule has 3 unspecified atom stereocenters. The van der Waals surface area contributed by atoms with Gasteiger partial charge in [0, 0.05) is 0 Å². The van der Waals surface area contributed by atoms with Crippen molar-refractivity contribution in [2.45, 2.75) is 53.0 Å². The first-order valence-corrected chi connectivity index (χ1v) is 5.95. The number of ether oxygens (including phenoxy) is 1. The van der Waals surface area contributed by atoms with Crippen LogP contribution in [0, 0.1) is 11.8 Å². The van der Waals surface area contributed by atoms with Gasteiger partial charge in [-0.05, 0) is 18.3 Å². The third kappa shape index (κ3) is 5.78. The number of hydrogen-bond acceptors (Lipinski definition) is 3. The van der Waals surface area contributed by atoms with Gasteiger partial charge < -0.3 is 10.5 Å². The van der Waals surface area contributed by atoms with Crippen molar-refractivity contribution in [2.24, 2.45) is 17.6 Å². The van der Waals surface area contributed by atoms with Crippen LogP contribution < -0.4 is 5.73 Å². The van der Waals surface area contributed by atoms with E-state index < -0.39 is 6.04 Å². The zero-order chi connectivity index (χ0) is 11.8. The first kappa shape index (κ1) is 14.4. The predicted molar refractivity (Wildman–Crippen MR) is 62.5 cm³/mol. The molecule has 3 nitrogen and oxygen atoms in total. The summed E-state index contributed by atoms with van der Waals surface area (Å²) in [5.41, 5.74) is 5.76. The van der Waals surface area contributed by atoms with Gasteiger partial charge in [-0.2, -0.15) is 0 Å². The second-order valence-corrected chi connectivity index (χ2v) is 4.44. The molecule has 3 atom stereocenters. The number of hydrogen-bond donors (Lipinski definition) is 1. The van der Waals surface area contributed by atoms with Crippen molar-refractivity contribution in [2.75, 3.05) is 6.61 Å². The topological polar surface area (TPSA) is 52.3 Å². The summed E-state index contributed by atoms with van der Waals surface area (Å²) in [5, 5.41) is 0. The van der Waals surface area contributed by atoms with Crippen molar-refractivity contribution >= 4 is 5.97 Å². The maximum absolute atomic E-state index is 11.5. The zero-order valence-corrected chi connectivity index (χ0v) is 10.5. The fourth-order valence-corrected chi connectivity index (χ4v) is 1.38. The van der Waals surface area contributed by atoms with Crippen molar-refractivity contribution in [3.63, 3.8) is 0 Å². The fraction of sp³-hybridized carbons (Fsp3) is 0.917. The molecule has 90 valence electrons. The highest BCUT2D eigenvalue weighted by molar-refractivity contribution is 5.75. The van der Waals surface area contributed by atoms with Gasteiger partial charge >= 0.3 is 5.97 Å². The molecular weight excluding hydrogens is 190 g/mol. The number of esters is 1. The van der Waals surface area contributed by atoms with E-state index in [4.69, 9.17) is 10.5 Å². The van der Waals surface area contributed by atoms with Crippen LogP contribution >= 0.6 is 0 Å². The third-order valence-electron chi connectivity index (χ3n) is 2.82. The van der Waals surface area contributed by atoms with E-state index in [0.29, 0.717) is 12.5 Å². The van der Waals surface area contributed by atoms with Crippen LogP contribution in [0.1, 0.15) is 47.0 Å². The SMILES string of the molecule is CCCC(C)COC(=O)C(N)C(C)CC. The van der Waals surface area contributed by atoms with E-state index >= 15 is 0 Å². The molecule has 0 aliphatic rings. The molecule has 0 bridgehead atoms. The fourth-order valence-electron chi connectivity index (χ4n) is 1.38. The molecule has 0 saturated carbocycles. The summed E-state index contributed by atoms with van der Waals surface area (Å²) in [6.45, 7) is 8.71. The maximum Gasteiger partial charge on any atom is 0.323 e. The minimum Gasteiger partial charge on any atom is -0.464 e. The van der Waals surface area contributed by atoms with Crippen LogP contribution in [-0.2, 0) is 9.53 Å². The molecule has 3 heteroatoms. The zero-order valence-electron chi connectivity index (χ0n) is 10.5. The lowest BCUT2D eigenvalue weighted by Crippen LogP contribution is -2.38. The summed E-state index contributed by atoms with van der Waals surface area (Å²) >= 11 is 0. The van der Waals surface area contributed by atoms with Gasteiger partial charge in [0.1, 0.15) is 6.04 Å². The Morgan fingerprint density at radius 3 is 2.40 bits per heavy atom.